The Morgan fingerprint density at radius 2 is 2.05 bits per heavy atom. The lowest BCUT2D eigenvalue weighted by Gasteiger charge is -2.08. The first kappa shape index (κ1) is 14.0. The van der Waals surface area contributed by atoms with Gasteiger partial charge in [0, 0.05) is 16.1 Å². The molecule has 6 heteroatoms. The molecule has 5 nitrogen and oxygen atoms in total. The maximum absolute atomic E-state index is 11.0. The van der Waals surface area contributed by atoms with Gasteiger partial charge in [-0.05, 0) is 18.2 Å². The largest absolute Gasteiger partial charge is 0.482 e. The van der Waals surface area contributed by atoms with Crippen LogP contribution in [0.4, 0.5) is 5.69 Å². The standard InChI is InChI=1S/C14H9BrN2O3/c15-12-5-6-14(13(7-12)17(18)19)20-9-11-4-2-1-3-10(11)8-16/h1-7H,9H2. The Kier molecular flexibility index (Phi) is 4.33. The number of ether oxygens (including phenoxy) is 1. The van der Waals surface area contributed by atoms with Crippen LogP contribution in [0.25, 0.3) is 0 Å². The highest BCUT2D eigenvalue weighted by atomic mass is 79.9. The predicted octanol–water partition coefficient (Wildman–Crippen LogP) is 3.81. The predicted molar refractivity (Wildman–Crippen MR) is 76.3 cm³/mol. The lowest BCUT2D eigenvalue weighted by Crippen LogP contribution is -2.00. The molecule has 0 aromatic heterocycles. The topological polar surface area (TPSA) is 76.2 Å². The van der Waals surface area contributed by atoms with Crippen molar-refractivity contribution in [2.45, 2.75) is 6.61 Å². The van der Waals surface area contributed by atoms with E-state index in [1.54, 1.807) is 30.3 Å². The van der Waals surface area contributed by atoms with Gasteiger partial charge in [0.1, 0.15) is 6.61 Å². The van der Waals surface area contributed by atoms with E-state index in [0.29, 0.717) is 15.6 Å². The molecule has 2 rings (SSSR count). The summed E-state index contributed by atoms with van der Waals surface area (Å²) in [6, 6.07) is 13.6. The third-order valence-electron chi connectivity index (χ3n) is 2.64. The van der Waals surface area contributed by atoms with Crippen LogP contribution in [-0.4, -0.2) is 4.92 Å². The molecule has 0 unspecified atom stereocenters. The second-order valence-corrected chi connectivity index (χ2v) is 4.84. The summed E-state index contributed by atoms with van der Waals surface area (Å²) in [6.45, 7) is 0.103. The quantitative estimate of drug-likeness (QED) is 0.630. The Hall–Kier alpha value is -2.39. The second kappa shape index (κ2) is 6.17. The summed E-state index contributed by atoms with van der Waals surface area (Å²) >= 11 is 3.18. The van der Waals surface area contributed by atoms with E-state index in [-0.39, 0.29) is 18.0 Å². The number of hydrogen-bond acceptors (Lipinski definition) is 4. The Bertz CT molecular complexity index is 695. The summed E-state index contributed by atoms with van der Waals surface area (Å²) in [5, 5.41) is 19.9. The van der Waals surface area contributed by atoms with Crippen LogP contribution in [0, 0.1) is 21.4 Å². The Labute approximate surface area is 123 Å². The highest BCUT2D eigenvalue weighted by Gasteiger charge is 2.16. The minimum atomic E-state index is -0.504. The van der Waals surface area contributed by atoms with Gasteiger partial charge in [-0.25, -0.2) is 0 Å². The monoisotopic (exact) mass is 332 g/mol. The van der Waals surface area contributed by atoms with Crippen molar-refractivity contribution in [3.63, 3.8) is 0 Å². The summed E-state index contributed by atoms with van der Waals surface area (Å²) in [6.07, 6.45) is 0. The molecule has 0 radical (unpaired) electrons. The lowest BCUT2D eigenvalue weighted by molar-refractivity contribution is -0.386. The molecule has 2 aromatic carbocycles. The second-order valence-electron chi connectivity index (χ2n) is 3.93. The zero-order valence-corrected chi connectivity index (χ0v) is 11.8. The number of hydrogen-bond donors (Lipinski definition) is 0. The van der Waals surface area contributed by atoms with Crippen LogP contribution >= 0.6 is 15.9 Å². The minimum absolute atomic E-state index is 0.103. The van der Waals surface area contributed by atoms with Crippen molar-refractivity contribution in [3.05, 3.63) is 68.2 Å². The SMILES string of the molecule is N#Cc1ccccc1COc1ccc(Br)cc1[N+](=O)[O-]. The van der Waals surface area contributed by atoms with Crippen molar-refractivity contribution in [2.75, 3.05) is 0 Å². The van der Waals surface area contributed by atoms with Crippen LogP contribution in [0.1, 0.15) is 11.1 Å². The summed E-state index contributed by atoms with van der Waals surface area (Å²) in [4.78, 5) is 10.5. The Morgan fingerprint density at radius 1 is 1.30 bits per heavy atom. The molecule has 0 aliphatic carbocycles. The molecular formula is C14H9BrN2O3. The molecule has 0 N–H and O–H groups in total. The third-order valence-corrected chi connectivity index (χ3v) is 3.13. The van der Waals surface area contributed by atoms with Crippen LogP contribution in [-0.2, 0) is 6.61 Å². The fourth-order valence-corrected chi connectivity index (χ4v) is 2.02. The molecule has 100 valence electrons. The highest BCUT2D eigenvalue weighted by Crippen LogP contribution is 2.30. The molecule has 0 saturated heterocycles. The fourth-order valence-electron chi connectivity index (χ4n) is 1.67. The molecule has 20 heavy (non-hydrogen) atoms. The van der Waals surface area contributed by atoms with E-state index in [2.05, 4.69) is 22.0 Å². The molecular weight excluding hydrogens is 324 g/mol. The molecule has 0 bridgehead atoms. The molecule has 0 aliphatic rings. The maximum atomic E-state index is 11.0. The van der Waals surface area contributed by atoms with Crippen molar-refractivity contribution in [1.82, 2.24) is 0 Å². The van der Waals surface area contributed by atoms with Gasteiger partial charge in [-0.1, -0.05) is 34.1 Å². The molecule has 0 heterocycles. The molecule has 0 spiro atoms. The van der Waals surface area contributed by atoms with Crippen molar-refractivity contribution in [3.8, 4) is 11.8 Å². The van der Waals surface area contributed by atoms with Crippen LogP contribution in [0.3, 0.4) is 0 Å². The van der Waals surface area contributed by atoms with Crippen molar-refractivity contribution in [2.24, 2.45) is 0 Å². The van der Waals surface area contributed by atoms with Gasteiger partial charge in [-0.15, -0.1) is 0 Å². The van der Waals surface area contributed by atoms with Crippen LogP contribution in [0.2, 0.25) is 0 Å². The maximum Gasteiger partial charge on any atom is 0.312 e. The molecule has 2 aromatic rings. The highest BCUT2D eigenvalue weighted by molar-refractivity contribution is 9.10. The Morgan fingerprint density at radius 3 is 2.75 bits per heavy atom. The molecule has 0 amide bonds. The first-order chi connectivity index (χ1) is 9.61. The number of nitro groups is 1. The van der Waals surface area contributed by atoms with Gasteiger partial charge in [0.2, 0.25) is 0 Å². The van der Waals surface area contributed by atoms with Crippen molar-refractivity contribution >= 4 is 21.6 Å². The zero-order chi connectivity index (χ0) is 14.5. The van der Waals surface area contributed by atoms with Gasteiger partial charge in [0.05, 0.1) is 16.6 Å². The smallest absolute Gasteiger partial charge is 0.312 e. The average molecular weight is 333 g/mol. The first-order valence-corrected chi connectivity index (χ1v) is 6.46. The summed E-state index contributed by atoms with van der Waals surface area (Å²) in [5.74, 6) is 0.172. The molecule has 0 atom stereocenters. The number of rotatable bonds is 4. The van der Waals surface area contributed by atoms with Gasteiger partial charge >= 0.3 is 5.69 Å². The average Bonchev–Trinajstić information content (AvgIpc) is 2.46. The van der Waals surface area contributed by atoms with Gasteiger partial charge in [-0.3, -0.25) is 10.1 Å². The van der Waals surface area contributed by atoms with Crippen molar-refractivity contribution < 1.29 is 9.66 Å². The number of nitrogens with zero attached hydrogens (tertiary/aromatic N) is 2. The summed E-state index contributed by atoms with van der Waals surface area (Å²) in [7, 11) is 0. The summed E-state index contributed by atoms with van der Waals surface area (Å²) < 4.78 is 6.07. The fraction of sp³-hybridized carbons (Fsp3) is 0.0714. The van der Waals surface area contributed by atoms with Crippen molar-refractivity contribution in [1.29, 1.82) is 5.26 Å². The Balaban J connectivity index is 2.24. The molecule has 0 saturated carbocycles. The van der Waals surface area contributed by atoms with E-state index < -0.39 is 4.92 Å². The van der Waals surface area contributed by atoms with E-state index in [1.165, 1.54) is 12.1 Å². The number of benzene rings is 2. The molecule has 0 fully saturated rings. The van der Waals surface area contributed by atoms with E-state index in [9.17, 15) is 10.1 Å². The van der Waals surface area contributed by atoms with E-state index >= 15 is 0 Å². The van der Waals surface area contributed by atoms with Gasteiger partial charge < -0.3 is 4.74 Å². The first-order valence-electron chi connectivity index (χ1n) is 5.66. The van der Waals surface area contributed by atoms with Gasteiger partial charge in [-0.2, -0.15) is 5.26 Å². The van der Waals surface area contributed by atoms with Crippen LogP contribution < -0.4 is 4.74 Å². The zero-order valence-electron chi connectivity index (χ0n) is 10.2. The lowest BCUT2D eigenvalue weighted by atomic mass is 10.1. The third kappa shape index (κ3) is 3.13. The number of halogens is 1. The van der Waals surface area contributed by atoms with E-state index in [4.69, 9.17) is 10.00 Å². The van der Waals surface area contributed by atoms with E-state index in [0.717, 1.165) is 0 Å². The normalized spacial score (nSPS) is 9.80. The van der Waals surface area contributed by atoms with Gasteiger partial charge in [0.15, 0.2) is 5.75 Å². The summed E-state index contributed by atoms with van der Waals surface area (Å²) in [5.41, 5.74) is 1.06. The number of nitro benzene ring substituents is 1. The van der Waals surface area contributed by atoms with Crippen LogP contribution in [0.5, 0.6) is 5.75 Å². The van der Waals surface area contributed by atoms with Crippen LogP contribution in [0.15, 0.2) is 46.9 Å². The minimum Gasteiger partial charge on any atom is -0.482 e. The molecule has 0 aliphatic heterocycles. The van der Waals surface area contributed by atoms with Gasteiger partial charge in [0.25, 0.3) is 0 Å². The van der Waals surface area contributed by atoms with E-state index in [1.807, 2.05) is 0 Å². The number of nitriles is 1.